The summed E-state index contributed by atoms with van der Waals surface area (Å²) in [5, 5.41) is 12.2. The number of benzene rings is 4. The maximum atomic E-state index is 14.8. The molecule has 5 N–H and O–H groups in total. The minimum absolute atomic E-state index is 0.0612. The molecule has 0 saturated carbocycles. The third-order valence-corrected chi connectivity index (χ3v) is 8.06. The average Bonchev–Trinajstić information content (AvgIpc) is 3.30. The number of nitrogens with one attached hydrogen (secondary N) is 2. The fourth-order valence-electron chi connectivity index (χ4n) is 5.85. The summed E-state index contributed by atoms with van der Waals surface area (Å²) < 4.78 is 15.8. The highest BCUT2D eigenvalue weighted by atomic mass is 19.1. The van der Waals surface area contributed by atoms with Crippen LogP contribution in [0.15, 0.2) is 64.2 Å². The molecule has 8 nitrogen and oxygen atoms in total. The molecule has 42 heavy (non-hydrogen) atoms. The van der Waals surface area contributed by atoms with Gasteiger partial charge >= 0.3 is 5.69 Å². The SMILES string of the molecule is Cc1ccc2c(=O)n(-c3cccc(-c4c(C)cc(C(N)=O)c5[nH]c6cc(C(C)(C)O)ccc6c45)c3C)c(=O)[nH]c2c1F. The standard InChI is InChI=1S/C33H29FN4O4/c1-15-9-11-21-29(27(15)34)37-32(41)38(31(21)40)24-8-6-7-19(17(24)3)25-16(2)13-22(30(35)39)28-26(25)20-12-10-18(33(4,5)42)14-23(20)36-28/h6-14,36,42H,1-5H3,(H2,35,39)(H,37,41). The zero-order chi connectivity index (χ0) is 30.2. The Morgan fingerprint density at radius 2 is 1.64 bits per heavy atom. The van der Waals surface area contributed by atoms with E-state index in [1.807, 2.05) is 38.1 Å². The van der Waals surface area contributed by atoms with Gasteiger partial charge in [0.25, 0.3) is 11.5 Å². The van der Waals surface area contributed by atoms with Gasteiger partial charge in [0.1, 0.15) is 5.82 Å². The molecule has 0 fully saturated rings. The second kappa shape index (κ2) is 9.25. The average molecular weight is 565 g/mol. The van der Waals surface area contributed by atoms with Gasteiger partial charge in [-0.2, -0.15) is 0 Å². The van der Waals surface area contributed by atoms with Crippen molar-refractivity contribution in [3.05, 3.63) is 109 Å². The van der Waals surface area contributed by atoms with Crippen LogP contribution >= 0.6 is 0 Å². The number of halogens is 1. The third-order valence-electron chi connectivity index (χ3n) is 8.06. The molecule has 2 heterocycles. The topological polar surface area (TPSA) is 134 Å². The number of rotatable bonds is 4. The number of hydrogen-bond acceptors (Lipinski definition) is 4. The van der Waals surface area contributed by atoms with E-state index >= 15 is 0 Å². The van der Waals surface area contributed by atoms with E-state index in [-0.39, 0.29) is 10.9 Å². The van der Waals surface area contributed by atoms with Crippen molar-refractivity contribution in [1.29, 1.82) is 0 Å². The van der Waals surface area contributed by atoms with Crippen molar-refractivity contribution in [2.24, 2.45) is 5.73 Å². The van der Waals surface area contributed by atoms with Crippen LogP contribution in [0.5, 0.6) is 0 Å². The first-order chi connectivity index (χ1) is 19.8. The van der Waals surface area contributed by atoms with Crippen molar-refractivity contribution in [2.75, 3.05) is 0 Å². The van der Waals surface area contributed by atoms with Crippen LogP contribution in [0, 0.1) is 26.6 Å². The molecule has 6 rings (SSSR count). The number of amides is 1. The molecule has 0 unspecified atom stereocenters. The molecule has 4 aromatic carbocycles. The summed E-state index contributed by atoms with van der Waals surface area (Å²) in [6.07, 6.45) is 0. The molecule has 1 amide bonds. The van der Waals surface area contributed by atoms with Gasteiger partial charge in [-0.15, -0.1) is 0 Å². The molecule has 0 atom stereocenters. The van der Waals surface area contributed by atoms with Gasteiger partial charge in [-0.3, -0.25) is 9.59 Å². The number of primary amides is 1. The first-order valence-corrected chi connectivity index (χ1v) is 13.5. The number of nitrogens with two attached hydrogens (primary N) is 1. The number of aryl methyl sites for hydroxylation is 2. The summed E-state index contributed by atoms with van der Waals surface area (Å²) in [4.78, 5) is 45.2. The van der Waals surface area contributed by atoms with E-state index in [1.165, 1.54) is 12.1 Å². The predicted molar refractivity (Wildman–Crippen MR) is 163 cm³/mol. The van der Waals surface area contributed by atoms with Crippen LogP contribution in [0.2, 0.25) is 0 Å². The van der Waals surface area contributed by atoms with E-state index in [0.29, 0.717) is 39.0 Å². The largest absolute Gasteiger partial charge is 0.386 e. The number of hydrogen-bond donors (Lipinski definition) is 4. The zero-order valence-corrected chi connectivity index (χ0v) is 23.8. The number of aromatic amines is 2. The molecule has 0 aliphatic heterocycles. The highest BCUT2D eigenvalue weighted by Gasteiger charge is 2.24. The number of fused-ring (bicyclic) bond motifs is 4. The molecule has 212 valence electrons. The van der Waals surface area contributed by atoms with Crippen LogP contribution in [0.25, 0.3) is 49.5 Å². The predicted octanol–water partition coefficient (Wildman–Crippen LogP) is 5.37. The van der Waals surface area contributed by atoms with Crippen molar-refractivity contribution in [2.45, 2.75) is 40.2 Å². The van der Waals surface area contributed by atoms with Crippen LogP contribution in [-0.4, -0.2) is 25.5 Å². The summed E-state index contributed by atoms with van der Waals surface area (Å²) in [7, 11) is 0. The molecule has 0 aliphatic rings. The zero-order valence-electron chi connectivity index (χ0n) is 23.8. The van der Waals surface area contributed by atoms with Gasteiger partial charge in [0, 0.05) is 16.3 Å². The lowest BCUT2D eigenvalue weighted by Gasteiger charge is -2.18. The fourth-order valence-corrected chi connectivity index (χ4v) is 5.85. The number of aliphatic hydroxyl groups is 1. The Bertz CT molecular complexity index is 2250. The van der Waals surface area contributed by atoms with Gasteiger partial charge < -0.3 is 20.8 Å². The van der Waals surface area contributed by atoms with E-state index in [1.54, 1.807) is 39.0 Å². The Labute approximate surface area is 239 Å². The minimum Gasteiger partial charge on any atom is -0.386 e. The molecule has 0 aliphatic carbocycles. The van der Waals surface area contributed by atoms with Gasteiger partial charge in [-0.05, 0) is 92.3 Å². The highest BCUT2D eigenvalue weighted by Crippen LogP contribution is 2.41. The van der Waals surface area contributed by atoms with E-state index in [4.69, 9.17) is 5.73 Å². The second-order valence-corrected chi connectivity index (χ2v) is 11.3. The Morgan fingerprint density at radius 1 is 0.929 bits per heavy atom. The normalized spacial score (nSPS) is 12.1. The Kier molecular flexibility index (Phi) is 5.98. The minimum atomic E-state index is -1.08. The number of carbonyl (C=O) groups is 1. The summed E-state index contributed by atoms with van der Waals surface area (Å²) in [6, 6.07) is 15.6. The quantitative estimate of drug-likeness (QED) is 0.229. The van der Waals surface area contributed by atoms with Gasteiger partial charge in [0.05, 0.1) is 33.3 Å². The van der Waals surface area contributed by atoms with Crippen molar-refractivity contribution < 1.29 is 14.3 Å². The first-order valence-electron chi connectivity index (χ1n) is 13.5. The molecule has 9 heteroatoms. The third kappa shape index (κ3) is 3.96. The molecule has 6 aromatic rings. The van der Waals surface area contributed by atoms with Gasteiger partial charge in [-0.25, -0.2) is 13.8 Å². The lowest BCUT2D eigenvalue weighted by molar-refractivity contribution is 0.0787. The molecule has 0 radical (unpaired) electrons. The van der Waals surface area contributed by atoms with E-state index in [0.717, 1.165) is 32.0 Å². The highest BCUT2D eigenvalue weighted by molar-refractivity contribution is 6.20. The van der Waals surface area contributed by atoms with Crippen molar-refractivity contribution in [1.82, 2.24) is 14.5 Å². The van der Waals surface area contributed by atoms with Crippen molar-refractivity contribution in [3.63, 3.8) is 0 Å². The van der Waals surface area contributed by atoms with E-state index in [9.17, 15) is 23.9 Å². The monoisotopic (exact) mass is 564 g/mol. The van der Waals surface area contributed by atoms with Gasteiger partial charge in [0.15, 0.2) is 0 Å². The van der Waals surface area contributed by atoms with E-state index < -0.39 is 28.6 Å². The lowest BCUT2D eigenvalue weighted by atomic mass is 9.89. The number of nitrogens with zero attached hydrogens (tertiary/aromatic N) is 1. The Balaban J connectivity index is 1.68. The Morgan fingerprint density at radius 3 is 2.33 bits per heavy atom. The Hall–Kier alpha value is -5.02. The van der Waals surface area contributed by atoms with Crippen molar-refractivity contribution in [3.8, 4) is 16.8 Å². The molecule has 2 aromatic heterocycles. The van der Waals surface area contributed by atoms with Crippen LogP contribution in [-0.2, 0) is 5.60 Å². The molecule has 0 spiro atoms. The molecule has 0 bridgehead atoms. The molecular formula is C33H29FN4O4. The summed E-state index contributed by atoms with van der Waals surface area (Å²) in [6.45, 7) is 8.64. The summed E-state index contributed by atoms with van der Waals surface area (Å²) in [5.74, 6) is -1.23. The lowest BCUT2D eigenvalue weighted by Crippen LogP contribution is -2.34. The molecular weight excluding hydrogens is 535 g/mol. The maximum absolute atomic E-state index is 14.8. The number of aromatic nitrogens is 3. The number of carbonyl (C=O) groups excluding carboxylic acids is 1. The smallest absolute Gasteiger partial charge is 0.333 e. The second-order valence-electron chi connectivity index (χ2n) is 11.3. The van der Waals surface area contributed by atoms with E-state index in [2.05, 4.69) is 9.97 Å². The molecule has 0 saturated heterocycles. The first kappa shape index (κ1) is 27.2. The fraction of sp³-hybridized carbons (Fsp3) is 0.182. The van der Waals surface area contributed by atoms with Crippen LogP contribution < -0.4 is 17.0 Å². The maximum Gasteiger partial charge on any atom is 0.333 e. The van der Waals surface area contributed by atoms with Gasteiger partial charge in [-0.1, -0.05) is 30.3 Å². The number of H-pyrrole nitrogens is 2. The van der Waals surface area contributed by atoms with Crippen LogP contribution in [0.4, 0.5) is 4.39 Å². The van der Waals surface area contributed by atoms with Crippen molar-refractivity contribution >= 4 is 38.6 Å². The van der Waals surface area contributed by atoms with Gasteiger partial charge in [0.2, 0.25) is 0 Å². The van der Waals surface area contributed by atoms with Crippen LogP contribution in [0.3, 0.4) is 0 Å². The van der Waals surface area contributed by atoms with Crippen LogP contribution in [0.1, 0.15) is 46.5 Å². The summed E-state index contributed by atoms with van der Waals surface area (Å²) in [5.41, 5.74) is 9.06. The summed E-state index contributed by atoms with van der Waals surface area (Å²) >= 11 is 0.